The van der Waals surface area contributed by atoms with Crippen molar-refractivity contribution in [2.24, 2.45) is 0 Å². The largest absolute Gasteiger partial charge is 0.461 e. The van der Waals surface area contributed by atoms with E-state index in [-0.39, 0.29) is 18.1 Å². The van der Waals surface area contributed by atoms with Gasteiger partial charge in [0, 0.05) is 21.7 Å². The second-order valence-electron chi connectivity index (χ2n) is 5.33. The topological polar surface area (TPSA) is 98.5 Å². The van der Waals surface area contributed by atoms with Crippen LogP contribution in [-0.4, -0.2) is 23.4 Å². The number of anilines is 1. The van der Waals surface area contributed by atoms with Gasteiger partial charge in [0.05, 0.1) is 6.61 Å². The summed E-state index contributed by atoms with van der Waals surface area (Å²) in [7, 11) is 0. The zero-order valence-corrected chi connectivity index (χ0v) is 13.9. The normalized spacial score (nSPS) is 11.4. The third-order valence-electron chi connectivity index (χ3n) is 3.60. The molecule has 130 valence electrons. The van der Waals surface area contributed by atoms with Crippen LogP contribution >= 0.6 is 0 Å². The molecule has 1 unspecified atom stereocenters. The van der Waals surface area contributed by atoms with Gasteiger partial charge in [-0.05, 0) is 37.6 Å². The molecule has 1 atom stereocenters. The average Bonchev–Trinajstić information content (AvgIpc) is 2.57. The van der Waals surface area contributed by atoms with E-state index in [2.05, 4.69) is 5.32 Å². The summed E-state index contributed by atoms with van der Waals surface area (Å²) in [5.41, 5.74) is 2.10. The highest BCUT2D eigenvalue weighted by atomic mass is 16.6. The van der Waals surface area contributed by atoms with Crippen LogP contribution in [0.1, 0.15) is 34.5 Å². The number of benzene rings is 2. The van der Waals surface area contributed by atoms with Crippen LogP contribution in [0.25, 0.3) is 0 Å². The van der Waals surface area contributed by atoms with Crippen molar-refractivity contribution in [1.82, 2.24) is 0 Å². The van der Waals surface area contributed by atoms with Gasteiger partial charge in [-0.1, -0.05) is 30.3 Å². The fourth-order valence-electron chi connectivity index (χ4n) is 2.29. The summed E-state index contributed by atoms with van der Waals surface area (Å²) in [4.78, 5) is 34.5. The Morgan fingerprint density at radius 3 is 2.36 bits per heavy atom. The molecule has 7 heteroatoms. The van der Waals surface area contributed by atoms with Gasteiger partial charge >= 0.3 is 12.0 Å². The predicted octanol–water partition coefficient (Wildman–Crippen LogP) is 3.13. The molecule has 2 rings (SSSR count). The fraction of sp³-hybridized carbons (Fsp3) is 0.222. The lowest BCUT2D eigenvalue weighted by atomic mass is 10.0. The van der Waals surface area contributed by atoms with Crippen LogP contribution in [0.15, 0.2) is 48.5 Å². The fourth-order valence-corrected chi connectivity index (χ4v) is 2.29. The van der Waals surface area contributed by atoms with Crippen LogP contribution in [-0.2, 0) is 9.53 Å². The molecule has 0 aliphatic heterocycles. The number of rotatable bonds is 6. The predicted molar refractivity (Wildman–Crippen MR) is 91.9 cm³/mol. The molecule has 1 N–H and O–H groups in total. The third-order valence-corrected chi connectivity index (χ3v) is 3.60. The van der Waals surface area contributed by atoms with E-state index in [1.54, 1.807) is 13.0 Å². The van der Waals surface area contributed by atoms with Gasteiger partial charge in [0.2, 0.25) is 0 Å². The minimum Gasteiger partial charge on any atom is -0.461 e. The van der Waals surface area contributed by atoms with E-state index in [0.29, 0.717) is 11.3 Å². The lowest BCUT2D eigenvalue weighted by Gasteiger charge is -2.10. The summed E-state index contributed by atoms with van der Waals surface area (Å²) in [5, 5.41) is 13.9. The average molecular weight is 342 g/mol. The van der Waals surface area contributed by atoms with Gasteiger partial charge in [-0.25, -0.2) is 4.79 Å². The Labute approximate surface area is 144 Å². The minimum atomic E-state index is -1.60. The van der Waals surface area contributed by atoms with Crippen molar-refractivity contribution in [2.75, 3.05) is 11.9 Å². The number of carbonyl (C=O) groups excluding carboxylic acids is 2. The van der Waals surface area contributed by atoms with Gasteiger partial charge in [-0.2, -0.15) is 0 Å². The van der Waals surface area contributed by atoms with Crippen LogP contribution in [0, 0.1) is 17.0 Å². The van der Waals surface area contributed by atoms with Crippen molar-refractivity contribution in [3.05, 3.63) is 75.3 Å². The summed E-state index contributed by atoms with van der Waals surface area (Å²) in [5.74, 6) is -1.26. The second kappa shape index (κ2) is 8.05. The number of carbonyl (C=O) groups is 2. The molecule has 0 aliphatic carbocycles. The first-order valence-electron chi connectivity index (χ1n) is 7.71. The molecule has 0 fully saturated rings. The number of hydrogen-bond donors (Lipinski definition) is 1. The van der Waals surface area contributed by atoms with E-state index in [1.165, 1.54) is 24.3 Å². The molecule has 1 amide bonds. The first kappa shape index (κ1) is 18.1. The quantitative estimate of drug-likeness (QED) is 0.494. The van der Waals surface area contributed by atoms with Crippen molar-refractivity contribution in [3.8, 4) is 0 Å². The second-order valence-corrected chi connectivity index (χ2v) is 5.33. The Bertz CT molecular complexity index is 786. The maximum absolute atomic E-state index is 12.3. The summed E-state index contributed by atoms with van der Waals surface area (Å²) < 4.78 is 4.73. The molecule has 0 aliphatic rings. The molecule has 0 heterocycles. The highest BCUT2D eigenvalue weighted by molar-refractivity contribution is 6.04. The van der Waals surface area contributed by atoms with Gasteiger partial charge in [0.25, 0.3) is 5.91 Å². The number of nitro groups is 1. The van der Waals surface area contributed by atoms with Crippen molar-refractivity contribution in [2.45, 2.75) is 19.9 Å². The van der Waals surface area contributed by atoms with Gasteiger partial charge in [0.15, 0.2) is 0 Å². The minimum absolute atomic E-state index is 0.0556. The van der Waals surface area contributed by atoms with Crippen molar-refractivity contribution in [3.63, 3.8) is 0 Å². The number of esters is 1. The van der Waals surface area contributed by atoms with Crippen LogP contribution < -0.4 is 5.32 Å². The number of ether oxygens (including phenoxy) is 1. The van der Waals surface area contributed by atoms with E-state index in [0.717, 1.165) is 5.56 Å². The molecule has 2 aromatic rings. The van der Waals surface area contributed by atoms with E-state index < -0.39 is 16.9 Å². The number of aryl methyl sites for hydroxylation is 1. The lowest BCUT2D eigenvalue weighted by molar-refractivity contribution is -0.516. The summed E-state index contributed by atoms with van der Waals surface area (Å²) >= 11 is 0. The van der Waals surface area contributed by atoms with Crippen LogP contribution in [0.3, 0.4) is 0 Å². The SMILES string of the molecule is CCOC(=O)C(c1ccc(C(=O)Nc2ccccc2C)cc1)[N+](=O)[O-]. The molecule has 0 saturated heterocycles. The lowest BCUT2D eigenvalue weighted by Crippen LogP contribution is -2.23. The van der Waals surface area contributed by atoms with Gasteiger partial charge in [-0.3, -0.25) is 14.9 Å². The Morgan fingerprint density at radius 1 is 1.16 bits per heavy atom. The first-order chi connectivity index (χ1) is 11.9. The van der Waals surface area contributed by atoms with Gasteiger partial charge in [-0.15, -0.1) is 0 Å². The molecule has 0 saturated carbocycles. The molecule has 0 spiro atoms. The maximum Gasteiger partial charge on any atom is 0.386 e. The standard InChI is InChI=1S/C18H18N2O5/c1-3-25-18(22)16(20(23)24)13-8-10-14(11-9-13)17(21)19-15-7-5-4-6-12(15)2/h4-11,16H,3H2,1-2H3,(H,19,21). The number of nitrogens with one attached hydrogen (secondary N) is 1. The Morgan fingerprint density at radius 2 is 1.80 bits per heavy atom. The van der Waals surface area contributed by atoms with Gasteiger partial charge in [0.1, 0.15) is 0 Å². The smallest absolute Gasteiger partial charge is 0.386 e. The van der Waals surface area contributed by atoms with E-state index in [9.17, 15) is 19.7 Å². The Hall–Kier alpha value is -3.22. The van der Waals surface area contributed by atoms with Crippen molar-refractivity contribution >= 4 is 17.6 Å². The Balaban J connectivity index is 2.18. The molecule has 0 bridgehead atoms. The molecule has 0 radical (unpaired) electrons. The zero-order valence-electron chi connectivity index (χ0n) is 13.9. The Kier molecular flexibility index (Phi) is 5.84. The third kappa shape index (κ3) is 4.41. The number of nitrogens with zero attached hydrogens (tertiary/aromatic N) is 1. The molecular formula is C18H18N2O5. The molecule has 2 aromatic carbocycles. The first-order valence-corrected chi connectivity index (χ1v) is 7.71. The number of para-hydroxylation sites is 1. The zero-order chi connectivity index (χ0) is 18.4. The number of hydrogen-bond acceptors (Lipinski definition) is 5. The summed E-state index contributed by atoms with van der Waals surface area (Å²) in [6.45, 7) is 3.51. The van der Waals surface area contributed by atoms with Gasteiger partial charge < -0.3 is 10.1 Å². The monoisotopic (exact) mass is 342 g/mol. The molecular weight excluding hydrogens is 324 g/mol. The van der Waals surface area contributed by atoms with Crippen molar-refractivity contribution in [1.29, 1.82) is 0 Å². The van der Waals surface area contributed by atoms with E-state index in [1.807, 2.05) is 25.1 Å². The summed E-state index contributed by atoms with van der Waals surface area (Å²) in [6.07, 6.45) is 0. The molecule has 0 aromatic heterocycles. The molecule has 7 nitrogen and oxygen atoms in total. The van der Waals surface area contributed by atoms with Crippen LogP contribution in [0.5, 0.6) is 0 Å². The summed E-state index contributed by atoms with van der Waals surface area (Å²) in [6, 6.07) is 11.4. The van der Waals surface area contributed by atoms with Crippen LogP contribution in [0.2, 0.25) is 0 Å². The van der Waals surface area contributed by atoms with Crippen LogP contribution in [0.4, 0.5) is 5.69 Å². The molecule has 25 heavy (non-hydrogen) atoms. The van der Waals surface area contributed by atoms with E-state index >= 15 is 0 Å². The highest BCUT2D eigenvalue weighted by Gasteiger charge is 2.33. The number of amides is 1. The highest BCUT2D eigenvalue weighted by Crippen LogP contribution is 2.20. The van der Waals surface area contributed by atoms with Crippen molar-refractivity contribution < 1.29 is 19.2 Å². The maximum atomic E-state index is 12.3. The van der Waals surface area contributed by atoms with E-state index in [4.69, 9.17) is 4.74 Å².